The number of nitrogens with zero attached hydrogens (tertiary/aromatic N) is 5. The van der Waals surface area contributed by atoms with Crippen molar-refractivity contribution in [1.82, 2.24) is 14.8 Å². The number of carbonyl (C=O) groups is 1. The summed E-state index contributed by atoms with van der Waals surface area (Å²) in [5.74, 6) is -1.04. The molecule has 98 valence electrons. The molecule has 2 heterocycles. The minimum Gasteiger partial charge on any atom is -0.478 e. The standard InChI is InChI=1S/C12H13N5O2/c1-16(5-3-4-13)10-8-7-15-17(2)11(8)14-6-9(10)12(18)19/h6-7H,3,5H2,1-2H3,(H,18,19). The highest BCUT2D eigenvalue weighted by atomic mass is 16.4. The third-order valence-corrected chi connectivity index (χ3v) is 2.90. The van der Waals surface area contributed by atoms with Crippen LogP contribution in [0.15, 0.2) is 12.4 Å². The topological polar surface area (TPSA) is 95.0 Å². The van der Waals surface area contributed by atoms with E-state index in [0.29, 0.717) is 29.7 Å². The van der Waals surface area contributed by atoms with Crippen molar-refractivity contribution in [2.45, 2.75) is 6.42 Å². The predicted octanol–water partition coefficient (Wildman–Crippen LogP) is 1.02. The summed E-state index contributed by atoms with van der Waals surface area (Å²) in [5, 5.41) is 22.6. The van der Waals surface area contributed by atoms with Gasteiger partial charge in [-0.25, -0.2) is 9.78 Å². The van der Waals surface area contributed by atoms with Crippen LogP contribution in [0, 0.1) is 11.3 Å². The maximum atomic E-state index is 11.3. The van der Waals surface area contributed by atoms with Crippen LogP contribution in [0.3, 0.4) is 0 Å². The fraction of sp³-hybridized carbons (Fsp3) is 0.333. The maximum Gasteiger partial charge on any atom is 0.339 e. The normalized spacial score (nSPS) is 10.4. The summed E-state index contributed by atoms with van der Waals surface area (Å²) in [6, 6.07) is 2.04. The van der Waals surface area contributed by atoms with Gasteiger partial charge in [0.1, 0.15) is 5.56 Å². The smallest absolute Gasteiger partial charge is 0.339 e. The molecule has 0 unspecified atom stereocenters. The van der Waals surface area contributed by atoms with Crippen LogP contribution >= 0.6 is 0 Å². The zero-order chi connectivity index (χ0) is 14.0. The first-order valence-electron chi connectivity index (χ1n) is 5.68. The molecule has 19 heavy (non-hydrogen) atoms. The summed E-state index contributed by atoms with van der Waals surface area (Å²) in [6.07, 6.45) is 3.23. The molecule has 2 aromatic heterocycles. The highest BCUT2D eigenvalue weighted by molar-refractivity contribution is 6.03. The van der Waals surface area contributed by atoms with Crippen LogP contribution in [-0.4, -0.2) is 39.4 Å². The van der Waals surface area contributed by atoms with Gasteiger partial charge >= 0.3 is 5.97 Å². The summed E-state index contributed by atoms with van der Waals surface area (Å²) in [7, 11) is 3.50. The minimum atomic E-state index is -1.04. The molecule has 7 heteroatoms. The van der Waals surface area contributed by atoms with E-state index in [9.17, 15) is 9.90 Å². The average molecular weight is 259 g/mol. The molecule has 0 aliphatic rings. The molecule has 0 radical (unpaired) electrons. The van der Waals surface area contributed by atoms with Gasteiger partial charge in [0.15, 0.2) is 5.65 Å². The molecule has 2 rings (SSSR count). The van der Waals surface area contributed by atoms with Gasteiger partial charge in [-0.15, -0.1) is 0 Å². The van der Waals surface area contributed by atoms with Crippen LogP contribution in [0.1, 0.15) is 16.8 Å². The predicted molar refractivity (Wildman–Crippen MR) is 69.0 cm³/mol. The molecule has 0 aliphatic carbocycles. The molecule has 0 amide bonds. The number of aromatic carboxylic acids is 1. The van der Waals surface area contributed by atoms with Gasteiger partial charge in [-0.05, 0) is 0 Å². The van der Waals surface area contributed by atoms with E-state index in [4.69, 9.17) is 5.26 Å². The van der Waals surface area contributed by atoms with E-state index in [1.54, 1.807) is 29.9 Å². The number of aromatic nitrogens is 3. The lowest BCUT2D eigenvalue weighted by Crippen LogP contribution is -2.21. The number of carboxylic acid groups (broad SMARTS) is 1. The average Bonchev–Trinajstić information content (AvgIpc) is 2.76. The maximum absolute atomic E-state index is 11.3. The molecular formula is C12H13N5O2. The Morgan fingerprint density at radius 2 is 2.32 bits per heavy atom. The number of rotatable bonds is 4. The van der Waals surface area contributed by atoms with Crippen molar-refractivity contribution in [1.29, 1.82) is 5.26 Å². The van der Waals surface area contributed by atoms with Gasteiger partial charge in [-0.1, -0.05) is 0 Å². The zero-order valence-corrected chi connectivity index (χ0v) is 10.7. The molecule has 0 bridgehead atoms. The van der Waals surface area contributed by atoms with Gasteiger partial charge in [0, 0.05) is 26.8 Å². The zero-order valence-electron chi connectivity index (χ0n) is 10.7. The Kier molecular flexibility index (Phi) is 3.33. The summed E-state index contributed by atoms with van der Waals surface area (Å²) >= 11 is 0. The third-order valence-electron chi connectivity index (χ3n) is 2.90. The number of pyridine rings is 1. The van der Waals surface area contributed by atoms with E-state index < -0.39 is 5.97 Å². The summed E-state index contributed by atoms with van der Waals surface area (Å²) in [5.41, 5.74) is 1.27. The third kappa shape index (κ3) is 2.20. The molecule has 0 spiro atoms. The number of hydrogen-bond acceptors (Lipinski definition) is 5. The SMILES string of the molecule is CN(CCC#N)c1c(C(=O)O)cnc2c1cnn2C. The van der Waals surface area contributed by atoms with E-state index in [0.717, 1.165) is 0 Å². The van der Waals surface area contributed by atoms with Crippen molar-refractivity contribution in [3.05, 3.63) is 18.0 Å². The van der Waals surface area contributed by atoms with Crippen molar-refractivity contribution in [2.75, 3.05) is 18.5 Å². The second-order valence-corrected chi connectivity index (χ2v) is 4.16. The minimum absolute atomic E-state index is 0.112. The van der Waals surface area contributed by atoms with Crippen LogP contribution in [0.5, 0.6) is 0 Å². The van der Waals surface area contributed by atoms with Crippen LogP contribution in [-0.2, 0) is 7.05 Å². The Labute approximate surface area is 109 Å². The second-order valence-electron chi connectivity index (χ2n) is 4.16. The van der Waals surface area contributed by atoms with Crippen molar-refractivity contribution >= 4 is 22.7 Å². The number of aryl methyl sites for hydroxylation is 1. The number of nitriles is 1. The lowest BCUT2D eigenvalue weighted by atomic mass is 10.1. The molecule has 0 saturated carbocycles. The Balaban J connectivity index is 2.62. The van der Waals surface area contributed by atoms with Crippen LogP contribution < -0.4 is 4.90 Å². The van der Waals surface area contributed by atoms with E-state index in [1.807, 2.05) is 6.07 Å². The highest BCUT2D eigenvalue weighted by Gasteiger charge is 2.19. The molecule has 2 aromatic rings. The van der Waals surface area contributed by atoms with Crippen LogP contribution in [0.4, 0.5) is 5.69 Å². The molecule has 7 nitrogen and oxygen atoms in total. The summed E-state index contributed by atoms with van der Waals surface area (Å²) in [4.78, 5) is 17.2. The Morgan fingerprint density at radius 1 is 1.58 bits per heavy atom. The fourth-order valence-electron chi connectivity index (χ4n) is 1.98. The van der Waals surface area contributed by atoms with Gasteiger partial charge in [0.2, 0.25) is 0 Å². The number of hydrogen-bond donors (Lipinski definition) is 1. The van der Waals surface area contributed by atoms with Gasteiger partial charge < -0.3 is 10.0 Å². The van der Waals surface area contributed by atoms with Crippen molar-refractivity contribution < 1.29 is 9.90 Å². The highest BCUT2D eigenvalue weighted by Crippen LogP contribution is 2.28. The first kappa shape index (κ1) is 12.8. The largest absolute Gasteiger partial charge is 0.478 e. The lowest BCUT2D eigenvalue weighted by molar-refractivity contribution is 0.0697. The van der Waals surface area contributed by atoms with Crippen molar-refractivity contribution in [2.24, 2.45) is 7.05 Å². The lowest BCUT2D eigenvalue weighted by Gasteiger charge is -2.20. The Hall–Kier alpha value is -2.62. The van der Waals surface area contributed by atoms with Gasteiger partial charge in [-0.3, -0.25) is 4.68 Å². The molecular weight excluding hydrogens is 246 g/mol. The van der Waals surface area contributed by atoms with Crippen molar-refractivity contribution in [3.8, 4) is 6.07 Å². The first-order valence-corrected chi connectivity index (χ1v) is 5.68. The van der Waals surface area contributed by atoms with E-state index in [2.05, 4.69) is 10.1 Å². The molecule has 1 N–H and O–H groups in total. The molecule has 0 atom stereocenters. The van der Waals surface area contributed by atoms with Gasteiger partial charge in [0.25, 0.3) is 0 Å². The number of fused-ring (bicyclic) bond motifs is 1. The van der Waals surface area contributed by atoms with Crippen molar-refractivity contribution in [3.63, 3.8) is 0 Å². The molecule has 0 aromatic carbocycles. The van der Waals surface area contributed by atoms with Gasteiger partial charge in [0.05, 0.1) is 29.8 Å². The van der Waals surface area contributed by atoms with E-state index in [-0.39, 0.29) is 5.56 Å². The number of carboxylic acids is 1. The second kappa shape index (κ2) is 4.94. The quantitative estimate of drug-likeness (QED) is 0.880. The monoisotopic (exact) mass is 259 g/mol. The molecule has 0 fully saturated rings. The summed E-state index contributed by atoms with van der Waals surface area (Å²) in [6.45, 7) is 0.449. The van der Waals surface area contributed by atoms with E-state index in [1.165, 1.54) is 6.20 Å². The van der Waals surface area contributed by atoms with Crippen LogP contribution in [0.2, 0.25) is 0 Å². The molecule has 0 aliphatic heterocycles. The van der Waals surface area contributed by atoms with Gasteiger partial charge in [-0.2, -0.15) is 10.4 Å². The summed E-state index contributed by atoms with van der Waals surface area (Å²) < 4.78 is 1.59. The van der Waals surface area contributed by atoms with Crippen LogP contribution in [0.25, 0.3) is 11.0 Å². The number of anilines is 1. The van der Waals surface area contributed by atoms with E-state index >= 15 is 0 Å². The Bertz CT molecular complexity index is 671. The fourth-order valence-corrected chi connectivity index (χ4v) is 1.98. The molecule has 0 saturated heterocycles. The Morgan fingerprint density at radius 3 is 2.95 bits per heavy atom. The first-order chi connectivity index (χ1) is 9.06.